The van der Waals surface area contributed by atoms with Crippen molar-refractivity contribution in [3.63, 3.8) is 0 Å². The number of hydrogen-bond acceptors (Lipinski definition) is 3. The number of amides is 1. The standard InChI is InChI=1S/C17H13ClN2O3/c18-10-5-7-11(8-6-10)19-16(22)15-13(9-21)12-3-1-2-4-14(12)20-17(15)23/h1-8,21H,9H2,(H,19,22)(H,20,23). The summed E-state index contributed by atoms with van der Waals surface area (Å²) in [5.41, 5.74) is 0.747. The van der Waals surface area contributed by atoms with Crippen LogP contribution in [0, 0.1) is 0 Å². The number of benzene rings is 2. The second kappa shape index (κ2) is 6.24. The molecule has 0 spiro atoms. The van der Waals surface area contributed by atoms with Crippen molar-refractivity contribution in [3.05, 3.63) is 75.0 Å². The first-order chi connectivity index (χ1) is 11.1. The highest BCUT2D eigenvalue weighted by atomic mass is 35.5. The maximum Gasteiger partial charge on any atom is 0.261 e. The Kier molecular flexibility index (Phi) is 4.14. The molecule has 0 radical (unpaired) electrons. The minimum Gasteiger partial charge on any atom is -0.392 e. The van der Waals surface area contributed by atoms with Gasteiger partial charge in [-0.05, 0) is 30.3 Å². The van der Waals surface area contributed by atoms with Crippen LogP contribution in [0.25, 0.3) is 10.9 Å². The molecule has 0 aliphatic carbocycles. The number of para-hydroxylation sites is 1. The van der Waals surface area contributed by atoms with Crippen molar-refractivity contribution < 1.29 is 9.90 Å². The summed E-state index contributed by atoms with van der Waals surface area (Å²) in [7, 11) is 0. The first-order valence-corrected chi connectivity index (χ1v) is 7.29. The number of fused-ring (bicyclic) bond motifs is 1. The molecule has 116 valence electrons. The van der Waals surface area contributed by atoms with Crippen LogP contribution in [0.15, 0.2) is 53.3 Å². The van der Waals surface area contributed by atoms with Crippen molar-refractivity contribution in [1.82, 2.24) is 4.98 Å². The molecule has 0 saturated carbocycles. The lowest BCUT2D eigenvalue weighted by Gasteiger charge is -2.11. The number of carbonyl (C=O) groups is 1. The molecule has 0 aliphatic heterocycles. The lowest BCUT2D eigenvalue weighted by molar-refractivity contribution is 0.102. The Morgan fingerprint density at radius 1 is 1.13 bits per heavy atom. The van der Waals surface area contributed by atoms with E-state index < -0.39 is 18.1 Å². The van der Waals surface area contributed by atoms with Crippen LogP contribution >= 0.6 is 11.6 Å². The molecule has 0 atom stereocenters. The average Bonchev–Trinajstić information content (AvgIpc) is 2.55. The van der Waals surface area contributed by atoms with Gasteiger partial charge in [0.25, 0.3) is 11.5 Å². The Balaban J connectivity index is 2.07. The number of rotatable bonds is 3. The van der Waals surface area contributed by atoms with Crippen LogP contribution in [0.5, 0.6) is 0 Å². The van der Waals surface area contributed by atoms with Gasteiger partial charge in [-0.1, -0.05) is 29.8 Å². The molecular formula is C17H13ClN2O3. The van der Waals surface area contributed by atoms with Gasteiger partial charge in [-0.3, -0.25) is 9.59 Å². The normalized spacial score (nSPS) is 10.7. The summed E-state index contributed by atoms with van der Waals surface area (Å²) >= 11 is 5.80. The molecule has 3 N–H and O–H groups in total. The molecular weight excluding hydrogens is 316 g/mol. The van der Waals surface area contributed by atoms with Crippen molar-refractivity contribution in [2.75, 3.05) is 5.32 Å². The van der Waals surface area contributed by atoms with E-state index >= 15 is 0 Å². The number of aromatic amines is 1. The highest BCUT2D eigenvalue weighted by Gasteiger charge is 2.18. The van der Waals surface area contributed by atoms with Crippen molar-refractivity contribution in [2.45, 2.75) is 6.61 Å². The third kappa shape index (κ3) is 2.97. The number of carbonyl (C=O) groups excluding carboxylic acids is 1. The zero-order chi connectivity index (χ0) is 16.4. The highest BCUT2D eigenvalue weighted by Crippen LogP contribution is 2.20. The number of anilines is 1. The van der Waals surface area contributed by atoms with Gasteiger partial charge in [0.1, 0.15) is 5.56 Å². The Labute approximate surface area is 136 Å². The van der Waals surface area contributed by atoms with E-state index in [1.165, 1.54) is 0 Å². The van der Waals surface area contributed by atoms with Gasteiger partial charge in [-0.25, -0.2) is 0 Å². The predicted octanol–water partition coefficient (Wildman–Crippen LogP) is 2.93. The Bertz CT molecular complexity index is 933. The van der Waals surface area contributed by atoms with Gasteiger partial charge >= 0.3 is 0 Å². The van der Waals surface area contributed by atoms with Crippen LogP contribution < -0.4 is 10.9 Å². The molecule has 0 unspecified atom stereocenters. The van der Waals surface area contributed by atoms with Gasteiger partial charge in [0.2, 0.25) is 0 Å². The van der Waals surface area contributed by atoms with E-state index in [1.54, 1.807) is 48.5 Å². The number of halogens is 1. The number of nitrogens with one attached hydrogen (secondary N) is 2. The monoisotopic (exact) mass is 328 g/mol. The third-order valence-corrected chi connectivity index (χ3v) is 3.77. The second-order valence-electron chi connectivity index (χ2n) is 4.97. The smallest absolute Gasteiger partial charge is 0.261 e. The number of aromatic nitrogens is 1. The fourth-order valence-corrected chi connectivity index (χ4v) is 2.57. The lowest BCUT2D eigenvalue weighted by atomic mass is 10.0. The van der Waals surface area contributed by atoms with E-state index in [-0.39, 0.29) is 5.56 Å². The molecule has 5 nitrogen and oxygen atoms in total. The van der Waals surface area contributed by atoms with Gasteiger partial charge in [0.15, 0.2) is 0 Å². The van der Waals surface area contributed by atoms with Gasteiger partial charge in [0, 0.05) is 27.2 Å². The van der Waals surface area contributed by atoms with Crippen molar-refractivity contribution in [3.8, 4) is 0 Å². The van der Waals surface area contributed by atoms with Crippen LogP contribution in [0.4, 0.5) is 5.69 Å². The molecule has 1 amide bonds. The van der Waals surface area contributed by atoms with Crippen LogP contribution in [0.1, 0.15) is 15.9 Å². The molecule has 23 heavy (non-hydrogen) atoms. The lowest BCUT2D eigenvalue weighted by Crippen LogP contribution is -2.26. The average molecular weight is 329 g/mol. The quantitative estimate of drug-likeness (QED) is 0.691. The van der Waals surface area contributed by atoms with Gasteiger partial charge in [-0.2, -0.15) is 0 Å². The second-order valence-corrected chi connectivity index (χ2v) is 5.41. The first kappa shape index (κ1) is 15.3. The van der Waals surface area contributed by atoms with E-state index in [4.69, 9.17) is 11.6 Å². The van der Waals surface area contributed by atoms with Crippen LogP contribution in [-0.2, 0) is 6.61 Å². The van der Waals surface area contributed by atoms with E-state index in [0.29, 0.717) is 27.2 Å². The molecule has 3 rings (SSSR count). The molecule has 6 heteroatoms. The maximum atomic E-state index is 12.5. The predicted molar refractivity (Wildman–Crippen MR) is 89.9 cm³/mol. The van der Waals surface area contributed by atoms with E-state index in [0.717, 1.165) is 0 Å². The Hall–Kier alpha value is -2.63. The summed E-state index contributed by atoms with van der Waals surface area (Å²) < 4.78 is 0. The summed E-state index contributed by atoms with van der Waals surface area (Å²) in [5.74, 6) is -0.580. The van der Waals surface area contributed by atoms with Gasteiger partial charge < -0.3 is 15.4 Å². The summed E-state index contributed by atoms with van der Waals surface area (Å²) in [6, 6.07) is 13.5. The summed E-state index contributed by atoms with van der Waals surface area (Å²) in [4.78, 5) is 27.4. The van der Waals surface area contributed by atoms with E-state index in [9.17, 15) is 14.7 Å². The van der Waals surface area contributed by atoms with Crippen LogP contribution in [0.3, 0.4) is 0 Å². The largest absolute Gasteiger partial charge is 0.392 e. The number of aliphatic hydroxyl groups is 1. The minimum absolute atomic E-state index is 0.0962. The highest BCUT2D eigenvalue weighted by molar-refractivity contribution is 6.30. The fourth-order valence-electron chi connectivity index (χ4n) is 2.44. The zero-order valence-electron chi connectivity index (χ0n) is 12.0. The number of pyridine rings is 1. The van der Waals surface area contributed by atoms with Gasteiger partial charge in [0.05, 0.1) is 6.61 Å². The van der Waals surface area contributed by atoms with Crippen molar-refractivity contribution >= 4 is 34.1 Å². The van der Waals surface area contributed by atoms with Crippen molar-refractivity contribution in [1.29, 1.82) is 0 Å². The fraction of sp³-hybridized carbons (Fsp3) is 0.0588. The summed E-state index contributed by atoms with van der Waals surface area (Å²) in [6.45, 7) is -0.409. The Morgan fingerprint density at radius 3 is 2.52 bits per heavy atom. The molecule has 0 fully saturated rings. The Morgan fingerprint density at radius 2 is 1.83 bits per heavy atom. The van der Waals surface area contributed by atoms with E-state index in [1.807, 2.05) is 0 Å². The molecule has 2 aromatic carbocycles. The number of aliphatic hydroxyl groups excluding tert-OH is 1. The van der Waals surface area contributed by atoms with Crippen LogP contribution in [-0.4, -0.2) is 16.0 Å². The molecule has 3 aromatic rings. The maximum absolute atomic E-state index is 12.5. The minimum atomic E-state index is -0.580. The summed E-state index contributed by atoms with van der Waals surface area (Å²) in [6.07, 6.45) is 0. The molecule has 1 heterocycles. The third-order valence-electron chi connectivity index (χ3n) is 3.52. The van der Waals surface area contributed by atoms with Crippen LogP contribution in [0.2, 0.25) is 5.02 Å². The van der Waals surface area contributed by atoms with E-state index in [2.05, 4.69) is 10.3 Å². The first-order valence-electron chi connectivity index (χ1n) is 6.92. The topological polar surface area (TPSA) is 82.2 Å². The van der Waals surface area contributed by atoms with Crippen molar-refractivity contribution in [2.24, 2.45) is 0 Å². The summed E-state index contributed by atoms with van der Waals surface area (Å²) in [5, 5.41) is 13.5. The van der Waals surface area contributed by atoms with Gasteiger partial charge in [-0.15, -0.1) is 0 Å². The number of H-pyrrole nitrogens is 1. The SMILES string of the molecule is O=C(Nc1ccc(Cl)cc1)c1c(CO)c2ccccc2[nH]c1=O. The number of hydrogen-bond donors (Lipinski definition) is 3. The molecule has 0 bridgehead atoms. The molecule has 0 saturated heterocycles. The zero-order valence-corrected chi connectivity index (χ0v) is 12.7. The molecule has 1 aromatic heterocycles. The molecule has 0 aliphatic rings.